The SMILES string of the molecule is Cl.Clc1nc2sccn2c1CNCc1cccs1. The van der Waals surface area contributed by atoms with Crippen molar-refractivity contribution in [2.24, 2.45) is 0 Å². The normalized spacial score (nSPS) is 10.7. The Labute approximate surface area is 124 Å². The summed E-state index contributed by atoms with van der Waals surface area (Å²) in [6.07, 6.45) is 2.00. The third-order valence-corrected chi connectivity index (χ3v) is 4.42. The highest BCUT2D eigenvalue weighted by Crippen LogP contribution is 2.21. The first-order chi connectivity index (χ1) is 8.34. The van der Waals surface area contributed by atoms with Gasteiger partial charge in [-0.25, -0.2) is 4.98 Å². The molecule has 3 heterocycles. The van der Waals surface area contributed by atoms with Crippen LogP contribution in [0.2, 0.25) is 5.15 Å². The summed E-state index contributed by atoms with van der Waals surface area (Å²) >= 11 is 9.46. The number of thiophene rings is 1. The summed E-state index contributed by atoms with van der Waals surface area (Å²) in [4.78, 5) is 6.57. The first-order valence-corrected chi connectivity index (χ1v) is 7.31. The third-order valence-electron chi connectivity index (χ3n) is 2.48. The molecule has 0 radical (unpaired) electrons. The molecule has 0 fully saturated rings. The molecule has 3 nitrogen and oxygen atoms in total. The summed E-state index contributed by atoms with van der Waals surface area (Å²) in [5.74, 6) is 0. The van der Waals surface area contributed by atoms with Gasteiger partial charge < -0.3 is 5.32 Å². The van der Waals surface area contributed by atoms with E-state index in [4.69, 9.17) is 11.6 Å². The van der Waals surface area contributed by atoms with E-state index in [1.54, 1.807) is 22.7 Å². The Hall–Kier alpha value is -0.590. The lowest BCUT2D eigenvalue weighted by atomic mass is 10.4. The summed E-state index contributed by atoms with van der Waals surface area (Å²) in [5.41, 5.74) is 1.03. The van der Waals surface area contributed by atoms with E-state index in [9.17, 15) is 0 Å². The number of hydrogen-bond donors (Lipinski definition) is 1. The van der Waals surface area contributed by atoms with Crippen LogP contribution in [-0.4, -0.2) is 9.38 Å². The van der Waals surface area contributed by atoms with Crippen molar-refractivity contribution in [1.82, 2.24) is 14.7 Å². The number of rotatable bonds is 4. The minimum atomic E-state index is 0. The fourth-order valence-electron chi connectivity index (χ4n) is 1.68. The van der Waals surface area contributed by atoms with Crippen molar-refractivity contribution in [3.8, 4) is 0 Å². The maximum atomic E-state index is 6.11. The van der Waals surface area contributed by atoms with Crippen LogP contribution in [0.25, 0.3) is 4.96 Å². The van der Waals surface area contributed by atoms with E-state index in [1.807, 2.05) is 16.0 Å². The quantitative estimate of drug-likeness (QED) is 0.792. The number of thiazole rings is 1. The van der Waals surface area contributed by atoms with E-state index >= 15 is 0 Å². The van der Waals surface area contributed by atoms with Gasteiger partial charge in [0.15, 0.2) is 10.1 Å². The van der Waals surface area contributed by atoms with E-state index in [2.05, 4.69) is 27.8 Å². The van der Waals surface area contributed by atoms with Crippen molar-refractivity contribution >= 4 is 51.6 Å². The second-order valence-electron chi connectivity index (χ2n) is 3.59. The Balaban J connectivity index is 0.00000120. The molecule has 0 aliphatic rings. The Bertz CT molecular complexity index is 615. The maximum Gasteiger partial charge on any atom is 0.195 e. The molecule has 0 amide bonds. The van der Waals surface area contributed by atoms with Gasteiger partial charge in [-0.15, -0.1) is 35.1 Å². The highest BCUT2D eigenvalue weighted by atomic mass is 35.5. The largest absolute Gasteiger partial charge is 0.306 e. The van der Waals surface area contributed by atoms with Crippen LogP contribution in [0.3, 0.4) is 0 Å². The van der Waals surface area contributed by atoms with Crippen molar-refractivity contribution in [1.29, 1.82) is 0 Å². The third kappa shape index (κ3) is 2.70. The Morgan fingerprint density at radius 1 is 1.28 bits per heavy atom. The van der Waals surface area contributed by atoms with Gasteiger partial charge in [0, 0.05) is 29.5 Å². The van der Waals surface area contributed by atoms with E-state index in [0.717, 1.165) is 23.7 Å². The standard InChI is InChI=1S/C11H10ClN3S2.ClH/c12-10-9(15-3-5-17-11(15)14-10)7-13-6-8-2-1-4-16-8;/h1-5,13H,6-7H2;1H. The highest BCUT2D eigenvalue weighted by Gasteiger charge is 2.10. The van der Waals surface area contributed by atoms with Crippen LogP contribution >= 0.6 is 46.7 Å². The average molecular weight is 320 g/mol. The highest BCUT2D eigenvalue weighted by molar-refractivity contribution is 7.15. The lowest BCUT2D eigenvalue weighted by Gasteiger charge is -2.02. The Morgan fingerprint density at radius 3 is 2.94 bits per heavy atom. The van der Waals surface area contributed by atoms with Crippen LogP contribution in [-0.2, 0) is 13.1 Å². The number of halogens is 2. The van der Waals surface area contributed by atoms with Crippen LogP contribution in [0.15, 0.2) is 29.1 Å². The Kier molecular flexibility index (Phi) is 4.64. The van der Waals surface area contributed by atoms with Crippen LogP contribution in [0, 0.1) is 0 Å². The van der Waals surface area contributed by atoms with E-state index in [-0.39, 0.29) is 12.4 Å². The molecule has 0 unspecified atom stereocenters. The average Bonchev–Trinajstić information content (AvgIpc) is 2.98. The molecule has 96 valence electrons. The monoisotopic (exact) mass is 319 g/mol. The maximum absolute atomic E-state index is 6.11. The van der Waals surface area contributed by atoms with Crippen LogP contribution in [0.4, 0.5) is 0 Å². The zero-order valence-electron chi connectivity index (χ0n) is 9.30. The first-order valence-electron chi connectivity index (χ1n) is 5.17. The van der Waals surface area contributed by atoms with Crippen molar-refractivity contribution in [3.63, 3.8) is 0 Å². The van der Waals surface area contributed by atoms with Gasteiger partial charge in [-0.1, -0.05) is 17.7 Å². The van der Waals surface area contributed by atoms with Gasteiger partial charge in [0.1, 0.15) is 0 Å². The van der Waals surface area contributed by atoms with Gasteiger partial charge in [0.05, 0.1) is 5.69 Å². The van der Waals surface area contributed by atoms with Crippen LogP contribution in [0.1, 0.15) is 10.6 Å². The number of nitrogens with zero attached hydrogens (tertiary/aromatic N) is 2. The van der Waals surface area contributed by atoms with Gasteiger partial charge in [-0.3, -0.25) is 4.40 Å². The molecule has 0 saturated carbocycles. The molecule has 0 bridgehead atoms. The van der Waals surface area contributed by atoms with E-state index in [0.29, 0.717) is 5.15 Å². The number of aromatic nitrogens is 2. The van der Waals surface area contributed by atoms with Crippen LogP contribution in [0.5, 0.6) is 0 Å². The second kappa shape index (κ2) is 6.04. The minimum absolute atomic E-state index is 0. The summed E-state index contributed by atoms with van der Waals surface area (Å²) in [5, 5.41) is 8.07. The zero-order valence-corrected chi connectivity index (χ0v) is 12.5. The number of fused-ring (bicyclic) bond motifs is 1. The van der Waals surface area contributed by atoms with Gasteiger partial charge in [-0.2, -0.15) is 0 Å². The van der Waals surface area contributed by atoms with Crippen LogP contribution < -0.4 is 5.32 Å². The molecular formula is C11H11Cl2N3S2. The number of imidazole rings is 1. The van der Waals surface area contributed by atoms with Crippen molar-refractivity contribution < 1.29 is 0 Å². The molecule has 18 heavy (non-hydrogen) atoms. The summed E-state index contributed by atoms with van der Waals surface area (Å²) in [6, 6.07) is 4.18. The molecule has 3 aromatic rings. The lowest BCUT2D eigenvalue weighted by molar-refractivity contribution is 0.683. The Morgan fingerprint density at radius 2 is 2.17 bits per heavy atom. The molecule has 0 aromatic carbocycles. The molecule has 0 spiro atoms. The molecule has 0 aliphatic carbocycles. The summed E-state index contributed by atoms with van der Waals surface area (Å²) in [6.45, 7) is 1.60. The molecule has 3 rings (SSSR count). The van der Waals surface area contributed by atoms with Gasteiger partial charge in [0.25, 0.3) is 0 Å². The van der Waals surface area contributed by atoms with Crippen molar-refractivity contribution in [3.05, 3.63) is 44.8 Å². The first kappa shape index (κ1) is 13.8. The lowest BCUT2D eigenvalue weighted by Crippen LogP contribution is -2.13. The predicted molar refractivity (Wildman–Crippen MR) is 80.2 cm³/mol. The van der Waals surface area contributed by atoms with E-state index < -0.39 is 0 Å². The number of nitrogens with one attached hydrogen (secondary N) is 1. The zero-order chi connectivity index (χ0) is 11.7. The summed E-state index contributed by atoms with van der Waals surface area (Å²) in [7, 11) is 0. The minimum Gasteiger partial charge on any atom is -0.306 e. The second-order valence-corrected chi connectivity index (χ2v) is 5.85. The molecule has 7 heteroatoms. The summed E-state index contributed by atoms with van der Waals surface area (Å²) < 4.78 is 2.04. The number of hydrogen-bond acceptors (Lipinski definition) is 4. The molecule has 3 aromatic heterocycles. The fraction of sp³-hybridized carbons (Fsp3) is 0.182. The van der Waals surface area contributed by atoms with Gasteiger partial charge in [-0.05, 0) is 11.4 Å². The molecule has 0 atom stereocenters. The smallest absolute Gasteiger partial charge is 0.195 e. The fourth-order valence-corrected chi connectivity index (χ4v) is 3.38. The molecule has 0 saturated heterocycles. The van der Waals surface area contributed by atoms with E-state index in [1.165, 1.54) is 4.88 Å². The van der Waals surface area contributed by atoms with Gasteiger partial charge >= 0.3 is 0 Å². The van der Waals surface area contributed by atoms with Crippen molar-refractivity contribution in [2.45, 2.75) is 13.1 Å². The topological polar surface area (TPSA) is 29.3 Å². The molecule has 0 aliphatic heterocycles. The predicted octanol–water partition coefficient (Wildman–Crippen LogP) is 3.82. The molecular weight excluding hydrogens is 309 g/mol. The van der Waals surface area contributed by atoms with Gasteiger partial charge in [0.2, 0.25) is 0 Å². The van der Waals surface area contributed by atoms with Crippen molar-refractivity contribution in [2.75, 3.05) is 0 Å². The molecule has 1 N–H and O–H groups in total.